The zero-order valence-electron chi connectivity index (χ0n) is 15.3. The molecule has 3 aliphatic rings. The zero-order valence-corrected chi connectivity index (χ0v) is 15.3. The third kappa shape index (κ3) is 2.40. The Morgan fingerprint density at radius 1 is 0.852 bits per heavy atom. The van der Waals surface area contributed by atoms with Crippen LogP contribution >= 0.6 is 0 Å². The molecule has 3 aliphatic heterocycles. The third-order valence-corrected chi connectivity index (χ3v) is 6.34. The van der Waals surface area contributed by atoms with E-state index >= 15 is 0 Å². The van der Waals surface area contributed by atoms with Gasteiger partial charge in [-0.05, 0) is 17.5 Å². The molecule has 0 saturated carbocycles. The van der Waals surface area contributed by atoms with Crippen molar-refractivity contribution in [1.29, 1.82) is 0 Å². The van der Waals surface area contributed by atoms with Crippen molar-refractivity contribution >= 4 is 17.9 Å². The summed E-state index contributed by atoms with van der Waals surface area (Å²) in [6.45, 7) is 0.889. The molecule has 4 nitrogen and oxygen atoms in total. The van der Waals surface area contributed by atoms with Gasteiger partial charge in [-0.25, -0.2) is 0 Å². The van der Waals surface area contributed by atoms with Crippen LogP contribution in [-0.4, -0.2) is 41.2 Å². The molecule has 4 atom stereocenters. The molecule has 3 saturated heterocycles. The van der Waals surface area contributed by atoms with Crippen LogP contribution in [0.2, 0.25) is 0 Å². The van der Waals surface area contributed by atoms with Gasteiger partial charge in [-0.1, -0.05) is 72.3 Å². The summed E-state index contributed by atoms with van der Waals surface area (Å²) in [5.74, 6) is -0.619. The van der Waals surface area contributed by atoms with Gasteiger partial charge in [0.1, 0.15) is 0 Å². The predicted molar refractivity (Wildman–Crippen MR) is 103 cm³/mol. The van der Waals surface area contributed by atoms with E-state index < -0.39 is 0 Å². The minimum atomic E-state index is -0.283. The SMILES string of the molecule is CN1C(=O)[C@@H]2[C@H](C1=O)[C@@H](c1ccccc1)N1CC/C(=C/c3ccccc3)[C@H]21. The molecule has 2 aromatic carbocycles. The van der Waals surface area contributed by atoms with Gasteiger partial charge in [0.15, 0.2) is 0 Å². The Hall–Kier alpha value is -2.72. The minimum Gasteiger partial charge on any atom is -0.288 e. The van der Waals surface area contributed by atoms with Gasteiger partial charge in [-0.2, -0.15) is 0 Å². The Labute approximate surface area is 159 Å². The number of nitrogens with zero attached hydrogens (tertiary/aromatic N) is 2. The molecule has 136 valence electrons. The van der Waals surface area contributed by atoms with Crippen molar-refractivity contribution in [1.82, 2.24) is 9.80 Å². The van der Waals surface area contributed by atoms with Crippen molar-refractivity contribution in [3.8, 4) is 0 Å². The quantitative estimate of drug-likeness (QED) is 0.775. The number of rotatable bonds is 2. The van der Waals surface area contributed by atoms with Crippen LogP contribution in [0, 0.1) is 11.8 Å². The Kier molecular flexibility index (Phi) is 3.76. The summed E-state index contributed by atoms with van der Waals surface area (Å²) in [5.41, 5.74) is 3.55. The molecule has 3 fully saturated rings. The first-order chi connectivity index (χ1) is 13.2. The van der Waals surface area contributed by atoms with Gasteiger partial charge in [0.25, 0.3) is 0 Å². The van der Waals surface area contributed by atoms with Gasteiger partial charge in [-0.3, -0.25) is 19.4 Å². The highest BCUT2D eigenvalue weighted by atomic mass is 16.2. The van der Waals surface area contributed by atoms with Crippen LogP contribution in [0.25, 0.3) is 6.08 Å². The van der Waals surface area contributed by atoms with Crippen LogP contribution in [0.4, 0.5) is 0 Å². The van der Waals surface area contributed by atoms with Gasteiger partial charge in [-0.15, -0.1) is 0 Å². The number of amides is 2. The molecule has 2 amide bonds. The summed E-state index contributed by atoms with van der Waals surface area (Å²) in [6, 6.07) is 20.4. The number of hydrogen-bond acceptors (Lipinski definition) is 3. The average Bonchev–Trinajstić information content (AvgIpc) is 3.31. The molecule has 0 unspecified atom stereocenters. The molecule has 0 bridgehead atoms. The van der Waals surface area contributed by atoms with Crippen LogP contribution < -0.4 is 0 Å². The number of benzene rings is 2. The Morgan fingerprint density at radius 2 is 1.44 bits per heavy atom. The molecule has 0 aliphatic carbocycles. The molecular formula is C23H22N2O2. The summed E-state index contributed by atoms with van der Waals surface area (Å²) < 4.78 is 0. The molecule has 27 heavy (non-hydrogen) atoms. The van der Waals surface area contributed by atoms with E-state index in [2.05, 4.69) is 35.2 Å². The fourth-order valence-corrected chi connectivity index (χ4v) is 5.21. The molecule has 4 heteroatoms. The Morgan fingerprint density at radius 3 is 2.11 bits per heavy atom. The maximum Gasteiger partial charge on any atom is 0.234 e. The van der Waals surface area contributed by atoms with Crippen molar-refractivity contribution in [2.24, 2.45) is 11.8 Å². The van der Waals surface area contributed by atoms with E-state index in [9.17, 15) is 9.59 Å². The fraction of sp³-hybridized carbons (Fsp3) is 0.304. The molecule has 5 rings (SSSR count). The van der Waals surface area contributed by atoms with Crippen molar-refractivity contribution in [2.45, 2.75) is 18.5 Å². The lowest BCUT2D eigenvalue weighted by molar-refractivity contribution is -0.139. The monoisotopic (exact) mass is 358 g/mol. The smallest absolute Gasteiger partial charge is 0.234 e. The molecular weight excluding hydrogens is 336 g/mol. The standard InChI is InChI=1S/C23H22N2O2/c1-24-22(26)18-19(23(24)27)21-17(14-15-8-4-2-5-9-15)12-13-25(21)20(18)16-10-6-3-7-11-16/h2-11,14,18-21H,12-13H2,1H3/b17-14-/t18-,19+,20+,21+/m0/s1. The van der Waals surface area contributed by atoms with E-state index in [-0.39, 0.29) is 35.7 Å². The number of carbonyl (C=O) groups is 2. The number of likely N-dealkylation sites (tertiary alicyclic amines) is 1. The zero-order chi connectivity index (χ0) is 18.5. The second-order valence-electron chi connectivity index (χ2n) is 7.71. The first-order valence-electron chi connectivity index (χ1n) is 9.54. The number of carbonyl (C=O) groups excluding carboxylic acids is 2. The van der Waals surface area contributed by atoms with Crippen LogP contribution in [-0.2, 0) is 9.59 Å². The van der Waals surface area contributed by atoms with Crippen molar-refractivity contribution in [2.75, 3.05) is 13.6 Å². The Bertz CT molecular complexity index is 922. The highest BCUT2D eigenvalue weighted by Gasteiger charge is 2.63. The molecule has 3 heterocycles. The lowest BCUT2D eigenvalue weighted by atomic mass is 9.83. The lowest BCUT2D eigenvalue weighted by Crippen LogP contribution is -2.37. The molecule has 0 radical (unpaired) electrons. The second-order valence-corrected chi connectivity index (χ2v) is 7.71. The maximum atomic E-state index is 13.0. The number of fused-ring (bicyclic) bond motifs is 3. The average molecular weight is 358 g/mol. The topological polar surface area (TPSA) is 40.6 Å². The van der Waals surface area contributed by atoms with Crippen LogP contribution in [0.3, 0.4) is 0 Å². The van der Waals surface area contributed by atoms with Crippen LogP contribution in [0.15, 0.2) is 66.2 Å². The largest absolute Gasteiger partial charge is 0.288 e. The van der Waals surface area contributed by atoms with Gasteiger partial charge >= 0.3 is 0 Å². The van der Waals surface area contributed by atoms with E-state index in [1.165, 1.54) is 10.5 Å². The van der Waals surface area contributed by atoms with E-state index in [0.717, 1.165) is 24.1 Å². The van der Waals surface area contributed by atoms with Gasteiger partial charge in [0.2, 0.25) is 11.8 Å². The fourth-order valence-electron chi connectivity index (χ4n) is 5.21. The van der Waals surface area contributed by atoms with E-state index in [0.29, 0.717) is 0 Å². The van der Waals surface area contributed by atoms with Gasteiger partial charge in [0, 0.05) is 25.7 Å². The highest BCUT2D eigenvalue weighted by molar-refractivity contribution is 6.06. The normalized spacial score (nSPS) is 31.6. The van der Waals surface area contributed by atoms with E-state index in [1.807, 2.05) is 36.4 Å². The summed E-state index contributed by atoms with van der Waals surface area (Å²) in [5, 5.41) is 0. The molecule has 2 aromatic rings. The summed E-state index contributed by atoms with van der Waals surface area (Å²) in [4.78, 5) is 29.6. The first kappa shape index (κ1) is 16.5. The third-order valence-electron chi connectivity index (χ3n) is 6.34. The minimum absolute atomic E-state index is 0.0156. The van der Waals surface area contributed by atoms with Crippen molar-refractivity contribution < 1.29 is 9.59 Å². The summed E-state index contributed by atoms with van der Waals surface area (Å²) >= 11 is 0. The first-order valence-corrected chi connectivity index (χ1v) is 9.54. The van der Waals surface area contributed by atoms with E-state index in [4.69, 9.17) is 0 Å². The van der Waals surface area contributed by atoms with Gasteiger partial charge < -0.3 is 0 Å². The van der Waals surface area contributed by atoms with Crippen LogP contribution in [0.5, 0.6) is 0 Å². The van der Waals surface area contributed by atoms with Crippen molar-refractivity contribution in [3.05, 3.63) is 77.4 Å². The second kappa shape index (κ2) is 6.17. The summed E-state index contributed by atoms with van der Waals surface area (Å²) in [6.07, 6.45) is 3.16. The summed E-state index contributed by atoms with van der Waals surface area (Å²) in [7, 11) is 1.63. The van der Waals surface area contributed by atoms with E-state index in [1.54, 1.807) is 7.05 Å². The highest BCUT2D eigenvalue weighted by Crippen LogP contribution is 2.54. The van der Waals surface area contributed by atoms with Gasteiger partial charge in [0.05, 0.1) is 11.8 Å². The van der Waals surface area contributed by atoms with Crippen LogP contribution in [0.1, 0.15) is 23.6 Å². The maximum absolute atomic E-state index is 13.0. The van der Waals surface area contributed by atoms with Crippen molar-refractivity contribution in [3.63, 3.8) is 0 Å². The molecule has 0 aromatic heterocycles. The lowest BCUT2D eigenvalue weighted by Gasteiger charge is -2.28. The number of imide groups is 1. The Balaban J connectivity index is 1.61. The number of hydrogen-bond donors (Lipinski definition) is 0. The molecule has 0 spiro atoms. The molecule has 0 N–H and O–H groups in total. The predicted octanol–water partition coefficient (Wildman–Crippen LogP) is 3.13.